The van der Waals surface area contributed by atoms with Crippen molar-refractivity contribution >= 4 is 5.57 Å². The van der Waals surface area contributed by atoms with Gasteiger partial charge in [-0.1, -0.05) is 45.2 Å². The van der Waals surface area contributed by atoms with Crippen molar-refractivity contribution in [2.45, 2.75) is 66.8 Å². The molecule has 2 rings (SSSR count). The minimum absolute atomic E-state index is 0.205. The second kappa shape index (κ2) is 9.54. The Morgan fingerprint density at radius 2 is 1.69 bits per heavy atom. The van der Waals surface area contributed by atoms with E-state index in [9.17, 15) is 0 Å². The molecule has 3 nitrogen and oxygen atoms in total. The van der Waals surface area contributed by atoms with E-state index in [1.54, 1.807) is 0 Å². The zero-order chi connectivity index (χ0) is 24.5. The van der Waals surface area contributed by atoms with Gasteiger partial charge in [-0.25, -0.2) is 0 Å². The molecule has 0 fully saturated rings. The van der Waals surface area contributed by atoms with Crippen LogP contribution in [-0.2, 0) is 6.42 Å². The monoisotopic (exact) mass is 433 g/mol. The average molecular weight is 434 g/mol. The van der Waals surface area contributed by atoms with Crippen LogP contribution in [0.2, 0.25) is 0 Å². The molecule has 0 amide bonds. The van der Waals surface area contributed by atoms with Crippen molar-refractivity contribution < 1.29 is 0 Å². The van der Waals surface area contributed by atoms with Crippen LogP contribution in [0.4, 0.5) is 0 Å². The van der Waals surface area contributed by atoms with Gasteiger partial charge in [0, 0.05) is 23.0 Å². The highest BCUT2D eigenvalue weighted by Crippen LogP contribution is 2.61. The number of hydrogen-bond donors (Lipinski definition) is 2. The van der Waals surface area contributed by atoms with Crippen LogP contribution in [0.1, 0.15) is 62.8 Å². The minimum Gasteiger partial charge on any atom is -0.401 e. The molecule has 0 aromatic heterocycles. The number of hydrogen-bond acceptors (Lipinski definition) is 3. The summed E-state index contributed by atoms with van der Waals surface area (Å²) in [5, 5.41) is 0. The van der Waals surface area contributed by atoms with E-state index < -0.39 is 5.41 Å². The van der Waals surface area contributed by atoms with Crippen molar-refractivity contribution in [1.29, 1.82) is 0 Å². The third-order valence-electron chi connectivity index (χ3n) is 7.41. The van der Waals surface area contributed by atoms with Gasteiger partial charge in [0.05, 0.1) is 5.41 Å². The Kier molecular flexibility index (Phi) is 7.67. The third-order valence-corrected chi connectivity index (χ3v) is 7.41. The predicted octanol–water partition coefficient (Wildman–Crippen LogP) is 6.19. The summed E-state index contributed by atoms with van der Waals surface area (Å²) in [6.07, 6.45) is 3.37. The average Bonchev–Trinajstić information content (AvgIpc) is 3.28. The van der Waals surface area contributed by atoms with E-state index in [0.717, 1.165) is 52.8 Å². The lowest BCUT2D eigenvalue weighted by atomic mass is 9.79. The van der Waals surface area contributed by atoms with Gasteiger partial charge in [-0.3, -0.25) is 0 Å². The van der Waals surface area contributed by atoms with Crippen LogP contribution in [0, 0.1) is 19.3 Å². The van der Waals surface area contributed by atoms with Crippen molar-refractivity contribution in [3.8, 4) is 0 Å². The number of benzene rings is 1. The summed E-state index contributed by atoms with van der Waals surface area (Å²) in [5.74, 6) is 0. The van der Waals surface area contributed by atoms with E-state index >= 15 is 0 Å². The van der Waals surface area contributed by atoms with E-state index in [1.165, 1.54) is 22.3 Å². The fraction of sp³-hybridized carbons (Fsp3) is 0.448. The summed E-state index contributed by atoms with van der Waals surface area (Å²) in [6, 6.07) is 4.61. The Hall–Kier alpha value is -2.52. The molecule has 0 heterocycles. The zero-order valence-electron chi connectivity index (χ0n) is 21.6. The molecule has 0 saturated carbocycles. The van der Waals surface area contributed by atoms with Crippen molar-refractivity contribution in [3.05, 3.63) is 87.8 Å². The summed E-state index contributed by atoms with van der Waals surface area (Å²) in [4.78, 5) is 2.16. The molecule has 2 atom stereocenters. The Morgan fingerprint density at radius 3 is 2.19 bits per heavy atom. The molecule has 0 bridgehead atoms. The second-order valence-electron chi connectivity index (χ2n) is 9.75. The van der Waals surface area contributed by atoms with Crippen LogP contribution < -0.4 is 11.5 Å². The number of allylic oxidation sites excluding steroid dienone is 4. The predicted molar refractivity (Wildman–Crippen MR) is 141 cm³/mol. The normalized spacial score (nSPS) is 19.7. The van der Waals surface area contributed by atoms with Crippen molar-refractivity contribution in [1.82, 2.24) is 4.90 Å². The molecule has 4 N–H and O–H groups in total. The topological polar surface area (TPSA) is 55.3 Å². The standard InChI is InChI=1S/C29H43N3/c1-12-13-14-24-17(2)15-16-18(3)25(24)20(5)27-28(31)29(27,9)21(6)26(22(7)30)19(4)23(8)32(10)11/h15-16,23H,5-7,12-14,30-31H2,1-4,8-11H3/b26-19+. The summed E-state index contributed by atoms with van der Waals surface area (Å²) in [5.41, 5.74) is 24.1. The van der Waals surface area contributed by atoms with E-state index in [-0.39, 0.29) is 6.04 Å². The maximum absolute atomic E-state index is 6.65. The van der Waals surface area contributed by atoms with Gasteiger partial charge in [-0.15, -0.1) is 0 Å². The van der Waals surface area contributed by atoms with E-state index in [4.69, 9.17) is 11.5 Å². The van der Waals surface area contributed by atoms with Crippen molar-refractivity contribution in [2.75, 3.05) is 14.1 Å². The molecule has 0 saturated heterocycles. The number of nitrogens with two attached hydrogens (primary N) is 2. The van der Waals surface area contributed by atoms with Crippen LogP contribution in [-0.4, -0.2) is 25.0 Å². The molecule has 2 unspecified atom stereocenters. The smallest absolute Gasteiger partial charge is 0.0595 e. The Morgan fingerprint density at radius 1 is 1.12 bits per heavy atom. The molecule has 3 heteroatoms. The lowest BCUT2D eigenvalue weighted by Gasteiger charge is -2.28. The van der Waals surface area contributed by atoms with Gasteiger partial charge in [0.2, 0.25) is 0 Å². The van der Waals surface area contributed by atoms with Gasteiger partial charge in [-0.05, 0) is 106 Å². The molecule has 32 heavy (non-hydrogen) atoms. The maximum atomic E-state index is 6.65. The van der Waals surface area contributed by atoms with Gasteiger partial charge in [0.25, 0.3) is 0 Å². The molecule has 0 spiro atoms. The number of nitrogens with zero attached hydrogens (tertiary/aromatic N) is 1. The molecule has 1 aliphatic rings. The SMILES string of the molecule is C=C(N)/C(C(=C)C1(C)C(N)=C1C(=C)c1c(C)ccc(C)c1CCCC)=C(\C)C(C)N(C)C. The van der Waals surface area contributed by atoms with Gasteiger partial charge < -0.3 is 16.4 Å². The van der Waals surface area contributed by atoms with Crippen LogP contribution in [0.15, 0.2) is 65.6 Å². The van der Waals surface area contributed by atoms with Crippen molar-refractivity contribution in [3.63, 3.8) is 0 Å². The highest BCUT2D eigenvalue weighted by Gasteiger charge is 2.52. The first-order valence-corrected chi connectivity index (χ1v) is 11.6. The number of likely N-dealkylation sites (N-methyl/N-ethyl adjacent to an activating group) is 1. The largest absolute Gasteiger partial charge is 0.401 e. The minimum atomic E-state index is -0.458. The number of rotatable bonds is 10. The lowest BCUT2D eigenvalue weighted by Crippen LogP contribution is -2.28. The van der Waals surface area contributed by atoms with Crippen molar-refractivity contribution in [2.24, 2.45) is 16.9 Å². The molecule has 0 radical (unpaired) electrons. The van der Waals surface area contributed by atoms with Gasteiger partial charge in [0.15, 0.2) is 0 Å². The summed E-state index contributed by atoms with van der Waals surface area (Å²) >= 11 is 0. The lowest BCUT2D eigenvalue weighted by molar-refractivity contribution is 0.349. The molecular formula is C29H43N3. The zero-order valence-corrected chi connectivity index (χ0v) is 21.6. The molecule has 1 aromatic carbocycles. The molecule has 174 valence electrons. The first-order chi connectivity index (χ1) is 14.8. The Labute approximate surface area is 196 Å². The molecule has 0 aliphatic heterocycles. The Bertz CT molecular complexity index is 1020. The molecule has 1 aromatic rings. The van der Waals surface area contributed by atoms with Gasteiger partial charge in [0.1, 0.15) is 0 Å². The highest BCUT2D eigenvalue weighted by atomic mass is 15.1. The van der Waals surface area contributed by atoms with Gasteiger partial charge in [-0.2, -0.15) is 0 Å². The van der Waals surface area contributed by atoms with Crippen LogP contribution in [0.3, 0.4) is 0 Å². The number of aryl methyl sites for hydroxylation is 2. The third kappa shape index (κ3) is 4.36. The summed E-state index contributed by atoms with van der Waals surface area (Å²) < 4.78 is 0. The highest BCUT2D eigenvalue weighted by molar-refractivity contribution is 5.91. The van der Waals surface area contributed by atoms with E-state index in [0.29, 0.717) is 5.70 Å². The van der Waals surface area contributed by atoms with E-state index in [2.05, 4.69) is 92.4 Å². The molecular weight excluding hydrogens is 390 g/mol. The maximum Gasteiger partial charge on any atom is 0.0595 e. The molecule has 1 aliphatic carbocycles. The fourth-order valence-corrected chi connectivity index (χ4v) is 4.80. The quantitative estimate of drug-likeness (QED) is 0.433. The van der Waals surface area contributed by atoms with Crippen LogP contribution >= 0.6 is 0 Å². The first kappa shape index (κ1) is 25.7. The summed E-state index contributed by atoms with van der Waals surface area (Å²) in [6.45, 7) is 26.1. The first-order valence-electron chi connectivity index (χ1n) is 11.6. The fourth-order valence-electron chi connectivity index (χ4n) is 4.80. The van der Waals surface area contributed by atoms with Gasteiger partial charge >= 0.3 is 0 Å². The second-order valence-corrected chi connectivity index (χ2v) is 9.75. The van der Waals surface area contributed by atoms with Crippen LogP contribution in [0.5, 0.6) is 0 Å². The Balaban J connectivity index is 2.53. The number of unbranched alkanes of at least 4 members (excludes halogenated alkanes) is 1. The van der Waals surface area contributed by atoms with Crippen LogP contribution in [0.25, 0.3) is 5.57 Å². The van der Waals surface area contributed by atoms with E-state index in [1.807, 2.05) is 0 Å². The summed E-state index contributed by atoms with van der Waals surface area (Å²) in [7, 11) is 4.12.